The van der Waals surface area contributed by atoms with Gasteiger partial charge in [-0.3, -0.25) is 0 Å². The third kappa shape index (κ3) is 2.44. The minimum Gasteiger partial charge on any atom is -0.388 e. The van der Waals surface area contributed by atoms with Crippen LogP contribution in [0.1, 0.15) is 32.6 Å². The van der Waals surface area contributed by atoms with Crippen molar-refractivity contribution < 1.29 is 0 Å². The number of rotatable bonds is 3. The molecule has 0 radical (unpaired) electrons. The molecule has 0 atom stereocenters. The summed E-state index contributed by atoms with van der Waals surface area (Å²) < 4.78 is 0. The summed E-state index contributed by atoms with van der Waals surface area (Å²) in [6, 6.07) is 0. The molecule has 0 amide bonds. The summed E-state index contributed by atoms with van der Waals surface area (Å²) in [6.45, 7) is 4.40. The molecular formula is C13H20N2. The van der Waals surface area contributed by atoms with Crippen molar-refractivity contribution in [3.63, 3.8) is 0 Å². The molecule has 0 aromatic heterocycles. The van der Waals surface area contributed by atoms with E-state index in [1.807, 2.05) is 0 Å². The molecule has 1 aliphatic carbocycles. The topological polar surface area (TPSA) is 24.1 Å². The van der Waals surface area contributed by atoms with Crippen LogP contribution in [0.3, 0.4) is 0 Å². The van der Waals surface area contributed by atoms with Gasteiger partial charge in [-0.25, -0.2) is 0 Å². The maximum Gasteiger partial charge on any atom is 0.0390 e. The Balaban J connectivity index is 2.17. The van der Waals surface area contributed by atoms with Crippen molar-refractivity contribution in [2.75, 3.05) is 13.1 Å². The molecule has 82 valence electrons. The zero-order chi connectivity index (χ0) is 10.5. The van der Waals surface area contributed by atoms with Crippen molar-refractivity contribution in [2.24, 2.45) is 0 Å². The highest BCUT2D eigenvalue weighted by atomic mass is 14.9. The van der Waals surface area contributed by atoms with Gasteiger partial charge in [0.2, 0.25) is 0 Å². The largest absolute Gasteiger partial charge is 0.388 e. The SMILES string of the molecule is CCCNC1=CC=CCC2=C1CCCN2. The molecule has 0 unspecified atom stereocenters. The lowest BCUT2D eigenvalue weighted by Crippen LogP contribution is -2.25. The molecule has 2 aliphatic rings. The van der Waals surface area contributed by atoms with Crippen LogP contribution in [0.15, 0.2) is 35.2 Å². The van der Waals surface area contributed by atoms with E-state index in [1.165, 1.54) is 36.2 Å². The van der Waals surface area contributed by atoms with E-state index >= 15 is 0 Å². The van der Waals surface area contributed by atoms with Gasteiger partial charge in [-0.2, -0.15) is 0 Å². The van der Waals surface area contributed by atoms with Crippen LogP contribution < -0.4 is 10.6 Å². The van der Waals surface area contributed by atoms with Crippen molar-refractivity contribution >= 4 is 0 Å². The van der Waals surface area contributed by atoms with E-state index in [9.17, 15) is 0 Å². The average Bonchev–Trinajstić information content (AvgIpc) is 2.49. The predicted octanol–water partition coefficient (Wildman–Crippen LogP) is 2.47. The Labute approximate surface area is 92.1 Å². The van der Waals surface area contributed by atoms with Gasteiger partial charge in [-0.15, -0.1) is 0 Å². The fraction of sp³-hybridized carbons (Fsp3) is 0.538. The molecule has 2 nitrogen and oxygen atoms in total. The molecule has 0 saturated heterocycles. The van der Waals surface area contributed by atoms with Crippen LogP contribution in [0.5, 0.6) is 0 Å². The van der Waals surface area contributed by atoms with Crippen LogP contribution in [0.2, 0.25) is 0 Å². The Morgan fingerprint density at radius 2 is 2.40 bits per heavy atom. The van der Waals surface area contributed by atoms with Crippen LogP contribution >= 0.6 is 0 Å². The highest BCUT2D eigenvalue weighted by molar-refractivity contribution is 5.40. The van der Waals surface area contributed by atoms with Crippen LogP contribution in [0, 0.1) is 0 Å². The lowest BCUT2D eigenvalue weighted by molar-refractivity contribution is 0.640. The summed E-state index contributed by atoms with van der Waals surface area (Å²) >= 11 is 0. The summed E-state index contributed by atoms with van der Waals surface area (Å²) in [5.41, 5.74) is 4.25. The first-order valence-corrected chi connectivity index (χ1v) is 5.98. The summed E-state index contributed by atoms with van der Waals surface area (Å²) in [5, 5.41) is 7.04. The Morgan fingerprint density at radius 3 is 3.27 bits per heavy atom. The molecule has 0 bridgehead atoms. The van der Waals surface area contributed by atoms with Crippen molar-refractivity contribution in [3.05, 3.63) is 35.2 Å². The van der Waals surface area contributed by atoms with Gasteiger partial charge >= 0.3 is 0 Å². The lowest BCUT2D eigenvalue weighted by atomic mass is 10.00. The van der Waals surface area contributed by atoms with E-state index in [0.717, 1.165) is 19.5 Å². The minimum absolute atomic E-state index is 1.06. The van der Waals surface area contributed by atoms with Gasteiger partial charge in [-0.05, 0) is 30.9 Å². The Bertz CT molecular complexity index is 310. The van der Waals surface area contributed by atoms with Crippen molar-refractivity contribution in [3.8, 4) is 0 Å². The minimum atomic E-state index is 1.06. The Hall–Kier alpha value is -1.18. The van der Waals surface area contributed by atoms with Gasteiger partial charge in [0.05, 0.1) is 0 Å². The van der Waals surface area contributed by atoms with Crippen molar-refractivity contribution in [1.29, 1.82) is 0 Å². The summed E-state index contributed by atoms with van der Waals surface area (Å²) in [5.74, 6) is 0. The normalized spacial score (nSPS) is 20.2. The number of nitrogens with one attached hydrogen (secondary N) is 2. The van der Waals surface area contributed by atoms with Gasteiger partial charge < -0.3 is 10.6 Å². The number of hydrogen-bond acceptors (Lipinski definition) is 2. The molecule has 1 heterocycles. The molecule has 0 saturated carbocycles. The van der Waals surface area contributed by atoms with Crippen LogP contribution in [-0.4, -0.2) is 13.1 Å². The van der Waals surface area contributed by atoms with Crippen LogP contribution in [-0.2, 0) is 0 Å². The Morgan fingerprint density at radius 1 is 1.47 bits per heavy atom. The third-order valence-electron chi connectivity index (χ3n) is 2.92. The molecule has 2 N–H and O–H groups in total. The van der Waals surface area contributed by atoms with Crippen LogP contribution in [0.25, 0.3) is 0 Å². The Kier molecular flexibility index (Phi) is 3.49. The van der Waals surface area contributed by atoms with E-state index in [1.54, 1.807) is 0 Å². The fourth-order valence-corrected chi connectivity index (χ4v) is 2.13. The molecular weight excluding hydrogens is 184 g/mol. The average molecular weight is 204 g/mol. The third-order valence-corrected chi connectivity index (χ3v) is 2.92. The first-order valence-electron chi connectivity index (χ1n) is 5.98. The second-order valence-electron chi connectivity index (χ2n) is 4.13. The first kappa shape index (κ1) is 10.3. The maximum atomic E-state index is 3.52. The van der Waals surface area contributed by atoms with E-state index in [-0.39, 0.29) is 0 Å². The van der Waals surface area contributed by atoms with E-state index in [4.69, 9.17) is 0 Å². The second-order valence-corrected chi connectivity index (χ2v) is 4.13. The maximum absolute atomic E-state index is 3.52. The highest BCUT2D eigenvalue weighted by Gasteiger charge is 2.15. The van der Waals surface area contributed by atoms with Gasteiger partial charge in [0.25, 0.3) is 0 Å². The van der Waals surface area contributed by atoms with Gasteiger partial charge in [0.15, 0.2) is 0 Å². The quantitative estimate of drug-likeness (QED) is 0.738. The number of allylic oxidation sites excluding steroid dienone is 4. The summed E-state index contributed by atoms with van der Waals surface area (Å²) in [7, 11) is 0. The summed E-state index contributed by atoms with van der Waals surface area (Å²) in [4.78, 5) is 0. The first-order chi connectivity index (χ1) is 7.42. The standard InChI is InChI=1S/C13H20N2/c1-2-9-14-12-7-3-4-8-13-11(12)6-5-10-15-13/h3-4,7,14-15H,2,5-6,8-10H2,1H3. The van der Waals surface area contributed by atoms with E-state index in [2.05, 4.69) is 35.8 Å². The molecule has 0 fully saturated rings. The van der Waals surface area contributed by atoms with Gasteiger partial charge in [0, 0.05) is 30.9 Å². The smallest absolute Gasteiger partial charge is 0.0390 e. The van der Waals surface area contributed by atoms with Crippen LogP contribution in [0.4, 0.5) is 0 Å². The zero-order valence-corrected chi connectivity index (χ0v) is 9.47. The molecule has 1 aliphatic heterocycles. The monoisotopic (exact) mass is 204 g/mol. The molecule has 2 rings (SSSR count). The van der Waals surface area contributed by atoms with E-state index < -0.39 is 0 Å². The van der Waals surface area contributed by atoms with Gasteiger partial charge in [0.1, 0.15) is 0 Å². The molecule has 0 spiro atoms. The lowest BCUT2D eigenvalue weighted by Gasteiger charge is -2.23. The predicted molar refractivity (Wildman–Crippen MR) is 64.4 cm³/mol. The molecule has 2 heteroatoms. The summed E-state index contributed by atoms with van der Waals surface area (Å²) in [6.07, 6.45) is 11.3. The van der Waals surface area contributed by atoms with Gasteiger partial charge in [-0.1, -0.05) is 19.1 Å². The zero-order valence-electron chi connectivity index (χ0n) is 9.47. The number of hydrogen-bond donors (Lipinski definition) is 2. The van der Waals surface area contributed by atoms with Crippen molar-refractivity contribution in [1.82, 2.24) is 10.6 Å². The highest BCUT2D eigenvalue weighted by Crippen LogP contribution is 2.25. The van der Waals surface area contributed by atoms with Crippen molar-refractivity contribution in [2.45, 2.75) is 32.6 Å². The molecule has 0 aromatic rings. The fourth-order valence-electron chi connectivity index (χ4n) is 2.13. The molecule has 0 aromatic carbocycles. The van der Waals surface area contributed by atoms with E-state index in [0.29, 0.717) is 0 Å². The molecule has 15 heavy (non-hydrogen) atoms. The second kappa shape index (κ2) is 5.06.